The molecule has 1 aromatic heterocycles. The Morgan fingerprint density at radius 1 is 1.12 bits per heavy atom. The van der Waals surface area contributed by atoms with Gasteiger partial charge in [0.2, 0.25) is 0 Å². The SMILES string of the molecule is COc1ccc2c3c(n(C)c2c1)[C@@H](CO)N(C(=O)NC(C)C)CC31CN(C(=O)NC(C)C)C1. The fraction of sp³-hybridized carbons (Fsp3) is 0.583. The van der Waals surface area contributed by atoms with Gasteiger partial charge in [-0.15, -0.1) is 0 Å². The van der Waals surface area contributed by atoms with Crippen LogP contribution in [0, 0.1) is 0 Å². The normalized spacial score (nSPS) is 19.1. The molecule has 2 aliphatic rings. The molecule has 9 heteroatoms. The molecular weight excluding hydrogens is 422 g/mol. The van der Waals surface area contributed by atoms with E-state index in [1.807, 2.05) is 52.9 Å². The number of aromatic nitrogens is 1. The summed E-state index contributed by atoms with van der Waals surface area (Å²) in [4.78, 5) is 29.4. The average Bonchev–Trinajstić information content (AvgIpc) is 3.02. The molecule has 2 aliphatic heterocycles. The zero-order chi connectivity index (χ0) is 24.1. The first-order chi connectivity index (χ1) is 15.6. The van der Waals surface area contributed by atoms with Crippen molar-refractivity contribution in [2.24, 2.45) is 7.05 Å². The van der Waals surface area contributed by atoms with Crippen LogP contribution >= 0.6 is 0 Å². The number of aryl methyl sites for hydroxylation is 1. The highest BCUT2D eigenvalue weighted by atomic mass is 16.5. The first kappa shape index (κ1) is 23.2. The van der Waals surface area contributed by atoms with Crippen molar-refractivity contribution in [3.63, 3.8) is 0 Å². The molecule has 1 spiro atoms. The number of hydrogen-bond acceptors (Lipinski definition) is 4. The number of hydrogen-bond donors (Lipinski definition) is 3. The smallest absolute Gasteiger partial charge is 0.318 e. The first-order valence-corrected chi connectivity index (χ1v) is 11.5. The van der Waals surface area contributed by atoms with E-state index in [0.29, 0.717) is 19.6 Å². The van der Waals surface area contributed by atoms with E-state index in [0.717, 1.165) is 27.9 Å². The molecule has 0 bridgehead atoms. The molecule has 180 valence electrons. The summed E-state index contributed by atoms with van der Waals surface area (Å²) in [6, 6.07) is 5.20. The predicted molar refractivity (Wildman–Crippen MR) is 127 cm³/mol. The van der Waals surface area contributed by atoms with Gasteiger partial charge in [-0.1, -0.05) is 0 Å². The lowest BCUT2D eigenvalue weighted by Gasteiger charge is -2.56. The number of carbonyl (C=O) groups is 2. The number of methoxy groups -OCH3 is 1. The summed E-state index contributed by atoms with van der Waals surface area (Å²) in [6.07, 6.45) is 0. The van der Waals surface area contributed by atoms with E-state index < -0.39 is 11.5 Å². The van der Waals surface area contributed by atoms with E-state index in [4.69, 9.17) is 4.74 Å². The monoisotopic (exact) mass is 457 g/mol. The zero-order valence-corrected chi connectivity index (χ0v) is 20.3. The summed E-state index contributed by atoms with van der Waals surface area (Å²) in [6.45, 7) is 8.97. The fourth-order valence-electron chi connectivity index (χ4n) is 5.33. The molecule has 4 rings (SSSR count). The minimum Gasteiger partial charge on any atom is -0.497 e. The van der Waals surface area contributed by atoms with Crippen LogP contribution in [0.2, 0.25) is 0 Å². The maximum atomic E-state index is 13.2. The highest BCUT2D eigenvalue weighted by molar-refractivity contribution is 5.90. The molecule has 33 heavy (non-hydrogen) atoms. The van der Waals surface area contributed by atoms with E-state index >= 15 is 0 Å². The number of likely N-dealkylation sites (tertiary alicyclic amines) is 1. The topological polar surface area (TPSA) is 99.1 Å². The summed E-state index contributed by atoms with van der Waals surface area (Å²) < 4.78 is 7.50. The Balaban J connectivity index is 1.83. The maximum Gasteiger partial charge on any atom is 0.318 e. The van der Waals surface area contributed by atoms with E-state index in [2.05, 4.69) is 15.2 Å². The van der Waals surface area contributed by atoms with Crippen molar-refractivity contribution in [2.75, 3.05) is 33.4 Å². The van der Waals surface area contributed by atoms with Crippen LogP contribution in [0.15, 0.2) is 18.2 Å². The van der Waals surface area contributed by atoms with Gasteiger partial charge in [0, 0.05) is 55.9 Å². The van der Waals surface area contributed by atoms with Crippen molar-refractivity contribution in [3.8, 4) is 5.75 Å². The standard InChI is InChI=1S/C24H35N5O4/c1-14(2)25-22(31)28-11-24(12-28)13-29(23(32)26-15(3)4)19(10-30)21-20(24)17-8-7-16(33-6)9-18(17)27(21)5/h7-9,14-15,19,30H,10-13H2,1-6H3,(H,25,31)(H,26,32)/t19-/m1/s1. The quantitative estimate of drug-likeness (QED) is 0.656. The number of benzene rings is 1. The third-order valence-electron chi connectivity index (χ3n) is 6.68. The van der Waals surface area contributed by atoms with Crippen LogP contribution in [0.3, 0.4) is 0 Å². The number of nitrogens with zero attached hydrogens (tertiary/aromatic N) is 3. The number of fused-ring (bicyclic) bond motifs is 4. The lowest BCUT2D eigenvalue weighted by atomic mass is 9.69. The molecule has 3 N–H and O–H groups in total. The molecule has 9 nitrogen and oxygen atoms in total. The van der Waals surface area contributed by atoms with Crippen LogP contribution in [0.1, 0.15) is 45.0 Å². The van der Waals surface area contributed by atoms with Gasteiger partial charge in [0.1, 0.15) is 5.75 Å². The lowest BCUT2D eigenvalue weighted by molar-refractivity contribution is 0.0291. The highest BCUT2D eigenvalue weighted by Gasteiger charge is 2.55. The molecular formula is C24H35N5O4. The first-order valence-electron chi connectivity index (χ1n) is 11.5. The van der Waals surface area contributed by atoms with Crippen LogP contribution in [-0.4, -0.2) is 77.0 Å². The summed E-state index contributed by atoms with van der Waals surface area (Å²) >= 11 is 0. The minimum atomic E-state index is -0.480. The van der Waals surface area contributed by atoms with Gasteiger partial charge in [0.25, 0.3) is 0 Å². The Labute approximate surface area is 194 Å². The van der Waals surface area contributed by atoms with Crippen molar-refractivity contribution in [1.29, 1.82) is 0 Å². The van der Waals surface area contributed by atoms with Crippen molar-refractivity contribution in [2.45, 2.75) is 51.2 Å². The maximum absolute atomic E-state index is 13.2. The third-order valence-corrected chi connectivity index (χ3v) is 6.68. The van der Waals surface area contributed by atoms with Gasteiger partial charge < -0.3 is 34.8 Å². The van der Waals surface area contributed by atoms with Crippen molar-refractivity contribution in [1.82, 2.24) is 25.0 Å². The van der Waals surface area contributed by atoms with Crippen LogP contribution in [-0.2, 0) is 12.5 Å². The number of nitrogens with one attached hydrogen (secondary N) is 2. The van der Waals surface area contributed by atoms with Crippen LogP contribution in [0.4, 0.5) is 9.59 Å². The molecule has 0 aliphatic carbocycles. The number of ether oxygens (including phenoxy) is 1. The largest absolute Gasteiger partial charge is 0.497 e. The number of amides is 4. The second kappa shape index (κ2) is 8.44. The molecule has 0 saturated carbocycles. The molecule has 3 heterocycles. The second-order valence-corrected chi connectivity index (χ2v) is 9.87. The zero-order valence-electron chi connectivity index (χ0n) is 20.3. The Bertz CT molecular complexity index is 1070. The molecule has 1 atom stereocenters. The number of rotatable bonds is 4. The molecule has 1 saturated heterocycles. The second-order valence-electron chi connectivity index (χ2n) is 9.87. The highest BCUT2D eigenvalue weighted by Crippen LogP contribution is 2.49. The Kier molecular flexibility index (Phi) is 5.94. The van der Waals surface area contributed by atoms with Crippen molar-refractivity contribution in [3.05, 3.63) is 29.5 Å². The summed E-state index contributed by atoms with van der Waals surface area (Å²) in [5.74, 6) is 0.746. The summed E-state index contributed by atoms with van der Waals surface area (Å²) in [5.41, 5.74) is 2.60. The molecule has 0 radical (unpaired) electrons. The van der Waals surface area contributed by atoms with Gasteiger partial charge in [-0.3, -0.25) is 0 Å². The van der Waals surface area contributed by atoms with Gasteiger partial charge in [-0.2, -0.15) is 0 Å². The number of aliphatic hydroxyl groups is 1. The molecule has 1 fully saturated rings. The number of carbonyl (C=O) groups excluding carboxylic acids is 2. The summed E-state index contributed by atoms with van der Waals surface area (Å²) in [5, 5.41) is 17.4. The fourth-order valence-corrected chi connectivity index (χ4v) is 5.33. The van der Waals surface area contributed by atoms with Gasteiger partial charge in [-0.25, -0.2) is 9.59 Å². The van der Waals surface area contributed by atoms with Crippen LogP contribution in [0.25, 0.3) is 10.9 Å². The molecule has 4 amide bonds. The van der Waals surface area contributed by atoms with Crippen LogP contribution < -0.4 is 15.4 Å². The van der Waals surface area contributed by atoms with Crippen molar-refractivity contribution >= 4 is 23.0 Å². The Morgan fingerprint density at radius 2 is 1.76 bits per heavy atom. The van der Waals surface area contributed by atoms with Crippen LogP contribution in [0.5, 0.6) is 5.75 Å². The lowest BCUT2D eigenvalue weighted by Crippen LogP contribution is -2.70. The van der Waals surface area contributed by atoms with Gasteiger partial charge in [0.05, 0.1) is 30.7 Å². The van der Waals surface area contributed by atoms with Gasteiger partial charge in [-0.05, 0) is 45.4 Å². The summed E-state index contributed by atoms with van der Waals surface area (Å²) in [7, 11) is 3.60. The van der Waals surface area contributed by atoms with E-state index in [-0.39, 0.29) is 30.8 Å². The van der Waals surface area contributed by atoms with E-state index in [9.17, 15) is 14.7 Å². The Hall–Kier alpha value is -2.94. The van der Waals surface area contributed by atoms with E-state index in [1.165, 1.54) is 0 Å². The van der Waals surface area contributed by atoms with Crippen molar-refractivity contribution < 1.29 is 19.4 Å². The number of urea groups is 2. The number of aliphatic hydroxyl groups excluding tert-OH is 1. The predicted octanol–water partition coefficient (Wildman–Crippen LogP) is 2.33. The molecule has 2 aromatic rings. The van der Waals surface area contributed by atoms with Gasteiger partial charge in [0.15, 0.2) is 0 Å². The molecule has 0 unspecified atom stereocenters. The minimum absolute atomic E-state index is 0.0272. The average molecular weight is 458 g/mol. The third kappa shape index (κ3) is 3.78. The van der Waals surface area contributed by atoms with E-state index in [1.54, 1.807) is 16.9 Å². The Morgan fingerprint density at radius 3 is 2.33 bits per heavy atom. The molecule has 1 aromatic carbocycles. The van der Waals surface area contributed by atoms with Gasteiger partial charge >= 0.3 is 12.1 Å².